The van der Waals surface area contributed by atoms with Gasteiger partial charge in [-0.25, -0.2) is 0 Å². The highest BCUT2D eigenvalue weighted by Gasteiger charge is 2.29. The van der Waals surface area contributed by atoms with E-state index in [0.717, 1.165) is 12.0 Å². The standard InChI is InChI=1S/C12H24N2/c1-10-4-2-3-5-12(10)14-8-6-11(13)7-9-14/h10-12H,2-9,13H2,1H3. The van der Waals surface area contributed by atoms with Crippen molar-refractivity contribution < 1.29 is 0 Å². The molecule has 82 valence electrons. The lowest BCUT2D eigenvalue weighted by atomic mass is 9.84. The molecule has 1 aliphatic heterocycles. The van der Waals surface area contributed by atoms with Crippen molar-refractivity contribution in [1.82, 2.24) is 4.90 Å². The molecule has 1 heterocycles. The van der Waals surface area contributed by atoms with E-state index in [1.807, 2.05) is 0 Å². The van der Waals surface area contributed by atoms with E-state index in [9.17, 15) is 0 Å². The van der Waals surface area contributed by atoms with Gasteiger partial charge >= 0.3 is 0 Å². The number of nitrogens with two attached hydrogens (primary N) is 1. The summed E-state index contributed by atoms with van der Waals surface area (Å²) in [5.41, 5.74) is 5.93. The molecule has 2 N–H and O–H groups in total. The van der Waals surface area contributed by atoms with Crippen molar-refractivity contribution in [3.8, 4) is 0 Å². The van der Waals surface area contributed by atoms with Gasteiger partial charge in [-0.2, -0.15) is 0 Å². The van der Waals surface area contributed by atoms with Gasteiger partial charge < -0.3 is 10.6 Å². The summed E-state index contributed by atoms with van der Waals surface area (Å²) in [5, 5.41) is 0. The van der Waals surface area contributed by atoms with Gasteiger partial charge in [-0.15, -0.1) is 0 Å². The maximum Gasteiger partial charge on any atom is 0.0121 e. The molecule has 0 spiro atoms. The molecule has 14 heavy (non-hydrogen) atoms. The molecule has 1 aliphatic carbocycles. The Morgan fingerprint density at radius 2 is 1.64 bits per heavy atom. The van der Waals surface area contributed by atoms with Crippen LogP contribution in [-0.4, -0.2) is 30.1 Å². The highest BCUT2D eigenvalue weighted by atomic mass is 15.2. The largest absolute Gasteiger partial charge is 0.328 e. The lowest BCUT2D eigenvalue weighted by Crippen LogP contribution is -2.48. The Balaban J connectivity index is 1.87. The highest BCUT2D eigenvalue weighted by molar-refractivity contribution is 4.85. The maximum atomic E-state index is 5.93. The van der Waals surface area contributed by atoms with E-state index in [-0.39, 0.29) is 0 Å². The molecular weight excluding hydrogens is 172 g/mol. The second-order valence-corrected chi connectivity index (χ2v) is 5.20. The average molecular weight is 196 g/mol. The molecule has 2 unspecified atom stereocenters. The van der Waals surface area contributed by atoms with Crippen molar-refractivity contribution in [2.45, 2.75) is 57.5 Å². The zero-order chi connectivity index (χ0) is 9.97. The van der Waals surface area contributed by atoms with Crippen LogP contribution in [0.15, 0.2) is 0 Å². The van der Waals surface area contributed by atoms with Crippen molar-refractivity contribution in [1.29, 1.82) is 0 Å². The van der Waals surface area contributed by atoms with Crippen molar-refractivity contribution in [2.75, 3.05) is 13.1 Å². The van der Waals surface area contributed by atoms with E-state index >= 15 is 0 Å². The summed E-state index contributed by atoms with van der Waals surface area (Å²) >= 11 is 0. The third-order valence-corrected chi connectivity index (χ3v) is 4.11. The SMILES string of the molecule is CC1CCCCC1N1CCC(N)CC1. The Bertz CT molecular complexity index is 173. The summed E-state index contributed by atoms with van der Waals surface area (Å²) in [7, 11) is 0. The minimum Gasteiger partial charge on any atom is -0.328 e. The van der Waals surface area contributed by atoms with Crippen LogP contribution in [-0.2, 0) is 0 Å². The Hall–Kier alpha value is -0.0800. The Morgan fingerprint density at radius 1 is 1.00 bits per heavy atom. The fraction of sp³-hybridized carbons (Fsp3) is 1.00. The molecule has 1 saturated carbocycles. The van der Waals surface area contributed by atoms with Crippen LogP contribution in [0.5, 0.6) is 0 Å². The van der Waals surface area contributed by atoms with Gasteiger partial charge in [0.2, 0.25) is 0 Å². The van der Waals surface area contributed by atoms with Gasteiger partial charge in [0.25, 0.3) is 0 Å². The van der Waals surface area contributed by atoms with Crippen LogP contribution < -0.4 is 5.73 Å². The third kappa shape index (κ3) is 2.29. The van der Waals surface area contributed by atoms with Gasteiger partial charge in [0.05, 0.1) is 0 Å². The molecule has 0 radical (unpaired) electrons. The summed E-state index contributed by atoms with van der Waals surface area (Å²) in [6.45, 7) is 4.92. The summed E-state index contributed by atoms with van der Waals surface area (Å²) in [5.74, 6) is 0.915. The summed E-state index contributed by atoms with van der Waals surface area (Å²) in [6, 6.07) is 1.35. The Labute approximate surface area is 87.8 Å². The van der Waals surface area contributed by atoms with Crippen molar-refractivity contribution in [3.05, 3.63) is 0 Å². The summed E-state index contributed by atoms with van der Waals surface area (Å²) in [6.07, 6.45) is 8.18. The Kier molecular flexibility index (Phi) is 3.45. The molecule has 2 heteroatoms. The summed E-state index contributed by atoms with van der Waals surface area (Å²) < 4.78 is 0. The average Bonchev–Trinajstić information content (AvgIpc) is 2.20. The highest BCUT2D eigenvalue weighted by Crippen LogP contribution is 2.29. The van der Waals surface area contributed by atoms with Gasteiger partial charge in [0.15, 0.2) is 0 Å². The second-order valence-electron chi connectivity index (χ2n) is 5.20. The molecule has 0 aromatic heterocycles. The van der Waals surface area contributed by atoms with Gasteiger partial charge in [-0.1, -0.05) is 19.8 Å². The van der Waals surface area contributed by atoms with Crippen LogP contribution in [0, 0.1) is 5.92 Å². The first-order valence-corrected chi connectivity index (χ1v) is 6.27. The normalized spacial score (nSPS) is 37.3. The predicted molar refractivity (Wildman–Crippen MR) is 60.2 cm³/mol. The van der Waals surface area contributed by atoms with E-state index in [1.54, 1.807) is 0 Å². The van der Waals surface area contributed by atoms with E-state index in [4.69, 9.17) is 5.73 Å². The van der Waals surface area contributed by atoms with Crippen LogP contribution in [0.1, 0.15) is 45.4 Å². The maximum absolute atomic E-state index is 5.93. The summed E-state index contributed by atoms with van der Waals surface area (Å²) in [4.78, 5) is 2.70. The number of hydrogen-bond donors (Lipinski definition) is 1. The molecule has 0 bridgehead atoms. The Morgan fingerprint density at radius 3 is 2.29 bits per heavy atom. The van der Waals surface area contributed by atoms with E-state index in [0.29, 0.717) is 6.04 Å². The minimum atomic E-state index is 0.477. The zero-order valence-corrected chi connectivity index (χ0v) is 9.41. The molecule has 2 aliphatic rings. The molecule has 2 rings (SSSR count). The van der Waals surface area contributed by atoms with Crippen LogP contribution in [0.4, 0.5) is 0 Å². The number of nitrogens with zero attached hydrogens (tertiary/aromatic N) is 1. The molecule has 0 aromatic rings. The number of piperidine rings is 1. The predicted octanol–water partition coefficient (Wildman–Crippen LogP) is 1.99. The van der Waals surface area contributed by atoms with E-state index < -0.39 is 0 Å². The lowest BCUT2D eigenvalue weighted by Gasteiger charge is -2.41. The quantitative estimate of drug-likeness (QED) is 0.695. The molecule has 2 nitrogen and oxygen atoms in total. The monoisotopic (exact) mass is 196 g/mol. The molecule has 2 fully saturated rings. The first kappa shape index (κ1) is 10.4. The van der Waals surface area contributed by atoms with Crippen LogP contribution >= 0.6 is 0 Å². The fourth-order valence-electron chi connectivity index (χ4n) is 3.09. The second kappa shape index (κ2) is 4.63. The smallest absolute Gasteiger partial charge is 0.0121 e. The van der Waals surface area contributed by atoms with E-state index in [2.05, 4.69) is 11.8 Å². The number of rotatable bonds is 1. The van der Waals surface area contributed by atoms with Crippen LogP contribution in [0.3, 0.4) is 0 Å². The number of hydrogen-bond acceptors (Lipinski definition) is 2. The minimum absolute atomic E-state index is 0.477. The molecular formula is C12H24N2. The molecule has 0 amide bonds. The third-order valence-electron chi connectivity index (χ3n) is 4.11. The first-order chi connectivity index (χ1) is 6.77. The van der Waals surface area contributed by atoms with Crippen molar-refractivity contribution in [3.63, 3.8) is 0 Å². The fourth-order valence-corrected chi connectivity index (χ4v) is 3.09. The van der Waals surface area contributed by atoms with Crippen LogP contribution in [0.2, 0.25) is 0 Å². The lowest BCUT2D eigenvalue weighted by molar-refractivity contribution is 0.0866. The van der Waals surface area contributed by atoms with Gasteiger partial charge in [0, 0.05) is 12.1 Å². The zero-order valence-electron chi connectivity index (χ0n) is 9.41. The van der Waals surface area contributed by atoms with Gasteiger partial charge in [0.1, 0.15) is 0 Å². The van der Waals surface area contributed by atoms with Gasteiger partial charge in [-0.3, -0.25) is 0 Å². The van der Waals surface area contributed by atoms with E-state index in [1.165, 1.54) is 51.6 Å². The van der Waals surface area contributed by atoms with Crippen molar-refractivity contribution >= 4 is 0 Å². The molecule has 2 atom stereocenters. The number of likely N-dealkylation sites (tertiary alicyclic amines) is 1. The molecule has 1 saturated heterocycles. The van der Waals surface area contributed by atoms with Crippen LogP contribution in [0.25, 0.3) is 0 Å². The van der Waals surface area contributed by atoms with Crippen molar-refractivity contribution in [2.24, 2.45) is 11.7 Å². The molecule has 0 aromatic carbocycles. The van der Waals surface area contributed by atoms with Gasteiger partial charge in [-0.05, 0) is 44.7 Å². The first-order valence-electron chi connectivity index (χ1n) is 6.27. The topological polar surface area (TPSA) is 29.3 Å².